The van der Waals surface area contributed by atoms with Crippen LogP contribution in [0.2, 0.25) is 0 Å². The van der Waals surface area contributed by atoms with Crippen molar-refractivity contribution in [2.24, 2.45) is 7.05 Å². The van der Waals surface area contributed by atoms with Gasteiger partial charge in [-0.3, -0.25) is 9.59 Å². The van der Waals surface area contributed by atoms with Crippen molar-refractivity contribution >= 4 is 5.91 Å². The molecule has 0 aliphatic carbocycles. The molecular formula is C14H22N4O2. The molecule has 1 N–H and O–H groups in total. The standard InChI is InChI=1S/C14H22N4O2/c1-14(2,3)11-9-10(12(19)17(4)16-11)13(20)18-7-5-15-6-8-18/h9,15H,5-8H2,1-4H3. The third kappa shape index (κ3) is 2.90. The van der Waals surface area contributed by atoms with E-state index in [1.54, 1.807) is 18.0 Å². The molecule has 0 aromatic carbocycles. The summed E-state index contributed by atoms with van der Waals surface area (Å²) in [4.78, 5) is 26.4. The summed E-state index contributed by atoms with van der Waals surface area (Å²) in [5, 5.41) is 7.45. The summed E-state index contributed by atoms with van der Waals surface area (Å²) in [6, 6.07) is 1.65. The maximum absolute atomic E-state index is 12.5. The van der Waals surface area contributed by atoms with Crippen LogP contribution < -0.4 is 10.9 Å². The fourth-order valence-corrected chi connectivity index (χ4v) is 2.17. The Morgan fingerprint density at radius 3 is 2.45 bits per heavy atom. The van der Waals surface area contributed by atoms with Gasteiger partial charge in [-0.05, 0) is 6.07 Å². The van der Waals surface area contributed by atoms with Gasteiger partial charge in [0.05, 0.1) is 5.69 Å². The maximum atomic E-state index is 12.5. The van der Waals surface area contributed by atoms with Gasteiger partial charge in [0.1, 0.15) is 5.56 Å². The van der Waals surface area contributed by atoms with Crippen LogP contribution >= 0.6 is 0 Å². The Hall–Kier alpha value is -1.69. The molecule has 2 rings (SSSR count). The summed E-state index contributed by atoms with van der Waals surface area (Å²) < 4.78 is 1.26. The minimum atomic E-state index is -0.332. The van der Waals surface area contributed by atoms with Crippen molar-refractivity contribution in [1.82, 2.24) is 20.0 Å². The third-order valence-electron chi connectivity index (χ3n) is 3.47. The van der Waals surface area contributed by atoms with Crippen LogP contribution in [-0.4, -0.2) is 46.8 Å². The molecule has 110 valence electrons. The molecule has 1 amide bonds. The Morgan fingerprint density at radius 1 is 1.30 bits per heavy atom. The van der Waals surface area contributed by atoms with Crippen LogP contribution in [0.15, 0.2) is 10.9 Å². The van der Waals surface area contributed by atoms with Crippen LogP contribution in [0.5, 0.6) is 0 Å². The van der Waals surface area contributed by atoms with Gasteiger partial charge in [-0.25, -0.2) is 4.68 Å². The summed E-state index contributed by atoms with van der Waals surface area (Å²) >= 11 is 0. The van der Waals surface area contributed by atoms with Gasteiger partial charge >= 0.3 is 0 Å². The second-order valence-electron chi connectivity index (χ2n) is 6.16. The third-order valence-corrected chi connectivity index (χ3v) is 3.47. The smallest absolute Gasteiger partial charge is 0.279 e. The fourth-order valence-electron chi connectivity index (χ4n) is 2.17. The van der Waals surface area contributed by atoms with Gasteiger partial charge in [-0.1, -0.05) is 20.8 Å². The van der Waals surface area contributed by atoms with Crippen LogP contribution in [0.4, 0.5) is 0 Å². The monoisotopic (exact) mass is 278 g/mol. The van der Waals surface area contributed by atoms with E-state index in [-0.39, 0.29) is 22.4 Å². The Balaban J connectivity index is 2.42. The van der Waals surface area contributed by atoms with Crippen molar-refractivity contribution < 1.29 is 4.79 Å². The summed E-state index contributed by atoms with van der Waals surface area (Å²) in [6.07, 6.45) is 0. The maximum Gasteiger partial charge on any atom is 0.279 e. The zero-order valence-corrected chi connectivity index (χ0v) is 12.6. The Kier molecular flexibility index (Phi) is 3.94. The van der Waals surface area contributed by atoms with Crippen LogP contribution in [0.1, 0.15) is 36.8 Å². The van der Waals surface area contributed by atoms with Gasteiger partial charge < -0.3 is 10.2 Å². The molecule has 0 bridgehead atoms. The first-order valence-corrected chi connectivity index (χ1v) is 6.89. The average molecular weight is 278 g/mol. The normalized spacial score (nSPS) is 16.3. The molecule has 1 saturated heterocycles. The van der Waals surface area contributed by atoms with Gasteiger partial charge in [-0.2, -0.15) is 5.10 Å². The highest BCUT2D eigenvalue weighted by Gasteiger charge is 2.25. The SMILES string of the molecule is Cn1nc(C(C)(C)C)cc(C(=O)N2CCNCC2)c1=O. The Morgan fingerprint density at radius 2 is 1.90 bits per heavy atom. The van der Waals surface area contributed by atoms with E-state index in [2.05, 4.69) is 10.4 Å². The van der Waals surface area contributed by atoms with Gasteiger partial charge in [0.25, 0.3) is 11.5 Å². The first kappa shape index (κ1) is 14.7. The molecule has 1 fully saturated rings. The number of amides is 1. The van der Waals surface area contributed by atoms with Crippen molar-refractivity contribution in [3.63, 3.8) is 0 Å². The van der Waals surface area contributed by atoms with Crippen molar-refractivity contribution in [3.8, 4) is 0 Å². The number of carbonyl (C=O) groups excluding carboxylic acids is 1. The second kappa shape index (κ2) is 5.36. The molecule has 0 saturated carbocycles. The number of aryl methyl sites for hydroxylation is 1. The second-order valence-corrected chi connectivity index (χ2v) is 6.16. The van der Waals surface area contributed by atoms with E-state index in [4.69, 9.17) is 0 Å². The molecule has 6 nitrogen and oxygen atoms in total. The Bertz CT molecular complexity index is 566. The molecule has 0 radical (unpaired) electrons. The molecule has 6 heteroatoms. The van der Waals surface area contributed by atoms with Gasteiger partial charge in [0.15, 0.2) is 0 Å². The lowest BCUT2D eigenvalue weighted by Gasteiger charge is -2.27. The number of hydrogen-bond donors (Lipinski definition) is 1. The lowest BCUT2D eigenvalue weighted by molar-refractivity contribution is 0.0732. The molecular weight excluding hydrogens is 256 g/mol. The van der Waals surface area contributed by atoms with Crippen LogP contribution in [-0.2, 0) is 12.5 Å². The lowest BCUT2D eigenvalue weighted by Crippen LogP contribution is -2.48. The number of aromatic nitrogens is 2. The number of hydrogen-bond acceptors (Lipinski definition) is 4. The molecule has 20 heavy (non-hydrogen) atoms. The topological polar surface area (TPSA) is 67.2 Å². The predicted octanol–water partition coefficient (Wildman–Crippen LogP) is 0.123. The van der Waals surface area contributed by atoms with Crippen LogP contribution in [0, 0.1) is 0 Å². The number of nitrogens with one attached hydrogen (secondary N) is 1. The Labute approximate surface area is 118 Å². The molecule has 1 aliphatic rings. The van der Waals surface area contributed by atoms with E-state index in [1.165, 1.54) is 4.68 Å². The molecule has 0 atom stereocenters. The quantitative estimate of drug-likeness (QED) is 0.792. The van der Waals surface area contributed by atoms with Gasteiger partial charge in [0.2, 0.25) is 0 Å². The first-order chi connectivity index (χ1) is 9.30. The molecule has 0 unspecified atom stereocenters. The first-order valence-electron chi connectivity index (χ1n) is 6.89. The van der Waals surface area contributed by atoms with E-state index in [9.17, 15) is 9.59 Å². The van der Waals surface area contributed by atoms with Crippen molar-refractivity contribution in [1.29, 1.82) is 0 Å². The molecule has 0 spiro atoms. The molecule has 2 heterocycles. The number of piperazine rings is 1. The van der Waals surface area contributed by atoms with E-state index in [0.717, 1.165) is 18.8 Å². The predicted molar refractivity (Wildman–Crippen MR) is 77.0 cm³/mol. The van der Waals surface area contributed by atoms with Crippen LogP contribution in [0.25, 0.3) is 0 Å². The van der Waals surface area contributed by atoms with Crippen LogP contribution in [0.3, 0.4) is 0 Å². The van der Waals surface area contributed by atoms with Crippen molar-refractivity contribution in [2.75, 3.05) is 26.2 Å². The van der Waals surface area contributed by atoms with Gasteiger partial charge in [0, 0.05) is 38.6 Å². The fraction of sp³-hybridized carbons (Fsp3) is 0.643. The highest BCUT2D eigenvalue weighted by molar-refractivity contribution is 5.94. The molecule has 1 aliphatic heterocycles. The summed E-state index contributed by atoms with van der Waals surface area (Å²) in [7, 11) is 1.59. The highest BCUT2D eigenvalue weighted by Crippen LogP contribution is 2.19. The van der Waals surface area contributed by atoms with E-state index >= 15 is 0 Å². The summed E-state index contributed by atoms with van der Waals surface area (Å²) in [5.74, 6) is -0.194. The summed E-state index contributed by atoms with van der Waals surface area (Å²) in [6.45, 7) is 8.84. The number of nitrogens with zero attached hydrogens (tertiary/aromatic N) is 3. The van der Waals surface area contributed by atoms with Gasteiger partial charge in [-0.15, -0.1) is 0 Å². The average Bonchev–Trinajstić information content (AvgIpc) is 2.40. The largest absolute Gasteiger partial charge is 0.336 e. The summed E-state index contributed by atoms with van der Waals surface area (Å²) in [5.41, 5.74) is 0.429. The van der Waals surface area contributed by atoms with E-state index < -0.39 is 0 Å². The molecule has 1 aromatic heterocycles. The highest BCUT2D eigenvalue weighted by atomic mass is 16.2. The van der Waals surface area contributed by atoms with Crippen molar-refractivity contribution in [2.45, 2.75) is 26.2 Å². The zero-order chi connectivity index (χ0) is 14.9. The molecule has 1 aromatic rings. The zero-order valence-electron chi connectivity index (χ0n) is 12.6. The number of carbonyl (C=O) groups is 1. The van der Waals surface area contributed by atoms with Crippen molar-refractivity contribution in [3.05, 3.63) is 27.7 Å². The van der Waals surface area contributed by atoms with E-state index in [0.29, 0.717) is 13.1 Å². The lowest BCUT2D eigenvalue weighted by atomic mass is 9.91. The number of rotatable bonds is 1. The minimum Gasteiger partial charge on any atom is -0.336 e. The minimum absolute atomic E-state index is 0.194. The van der Waals surface area contributed by atoms with E-state index in [1.807, 2.05) is 20.8 Å².